The van der Waals surface area contributed by atoms with Gasteiger partial charge in [0, 0.05) is 28.4 Å². The first-order chi connectivity index (χ1) is 11.7. The van der Waals surface area contributed by atoms with Crippen LogP contribution < -0.4 is 0 Å². The molecule has 0 aliphatic carbocycles. The number of amides is 1. The molecule has 5 nitrogen and oxygen atoms in total. The van der Waals surface area contributed by atoms with Crippen LogP contribution in [-0.2, 0) is 20.3 Å². The van der Waals surface area contributed by atoms with Gasteiger partial charge in [-0.3, -0.25) is 4.79 Å². The summed E-state index contributed by atoms with van der Waals surface area (Å²) in [6.07, 6.45) is 0. The highest BCUT2D eigenvalue weighted by Gasteiger charge is 2.83. The zero-order valence-corrected chi connectivity index (χ0v) is 17.1. The maximum Gasteiger partial charge on any atom is 0.236 e. The summed E-state index contributed by atoms with van der Waals surface area (Å²) in [6.45, 7) is 16.8. The van der Waals surface area contributed by atoms with E-state index in [0.29, 0.717) is 6.54 Å². The van der Waals surface area contributed by atoms with Crippen LogP contribution in [0.1, 0.15) is 61.0 Å². The first-order valence-electron chi connectivity index (χ1n) is 9.19. The predicted molar refractivity (Wildman–Crippen MR) is 99.1 cm³/mol. The van der Waals surface area contributed by atoms with Crippen molar-refractivity contribution < 1.29 is 19.7 Å². The van der Waals surface area contributed by atoms with Crippen molar-refractivity contribution in [2.24, 2.45) is 16.2 Å². The van der Waals surface area contributed by atoms with Crippen molar-refractivity contribution in [2.75, 3.05) is 6.54 Å². The van der Waals surface area contributed by atoms with Crippen LogP contribution in [0.3, 0.4) is 0 Å². The number of hydrogen-bond donors (Lipinski definition) is 1. The van der Waals surface area contributed by atoms with Gasteiger partial charge in [-0.2, -0.15) is 4.89 Å². The summed E-state index contributed by atoms with van der Waals surface area (Å²) < 4.78 is 0. The van der Waals surface area contributed by atoms with Crippen molar-refractivity contribution in [3.8, 4) is 5.75 Å². The highest BCUT2D eigenvalue weighted by molar-refractivity contribution is 5.83. The highest BCUT2D eigenvalue weighted by atomic mass is 17.3. The molecule has 5 heteroatoms. The predicted octanol–water partition coefficient (Wildman–Crippen LogP) is 4.21. The molecule has 0 radical (unpaired) electrons. The molecular weight excluding hydrogens is 330 g/mol. The number of likely N-dealkylation sites (tertiary alicyclic amines) is 1. The first kappa shape index (κ1) is 19.2. The van der Waals surface area contributed by atoms with Crippen molar-refractivity contribution in [2.45, 2.75) is 66.7 Å². The third-order valence-corrected chi connectivity index (χ3v) is 5.83. The lowest BCUT2D eigenvalue weighted by molar-refractivity contribution is -0.604. The molecule has 1 N–H and O–H groups in total. The highest BCUT2D eigenvalue weighted by Crippen LogP contribution is 2.70. The number of rotatable bonds is 1. The Labute approximate surface area is 156 Å². The molecule has 0 bridgehead atoms. The van der Waals surface area contributed by atoms with Gasteiger partial charge in [0.15, 0.2) is 5.60 Å². The lowest BCUT2D eigenvalue weighted by Crippen LogP contribution is -2.76. The van der Waals surface area contributed by atoms with Crippen LogP contribution in [0.4, 0.5) is 0 Å². The minimum absolute atomic E-state index is 0.00310. The number of phenols is 1. The molecule has 0 aromatic heterocycles. The molecule has 2 heterocycles. The first-order valence-corrected chi connectivity index (χ1v) is 9.19. The molecule has 1 amide bonds. The van der Waals surface area contributed by atoms with Gasteiger partial charge in [-0.1, -0.05) is 67.5 Å². The molecule has 2 atom stereocenters. The van der Waals surface area contributed by atoms with Crippen LogP contribution in [0.2, 0.25) is 0 Å². The second-order valence-electron chi connectivity index (χ2n) is 10.3. The lowest BCUT2D eigenvalue weighted by atomic mass is 9.57. The quantitative estimate of drug-likeness (QED) is 0.762. The van der Waals surface area contributed by atoms with Crippen LogP contribution in [0.15, 0.2) is 24.3 Å². The minimum atomic E-state index is -1.07. The van der Waals surface area contributed by atoms with Gasteiger partial charge in [0.05, 0.1) is 0 Å². The third kappa shape index (κ3) is 2.13. The molecule has 2 aliphatic rings. The van der Waals surface area contributed by atoms with Crippen molar-refractivity contribution in [1.82, 2.24) is 4.90 Å². The summed E-state index contributed by atoms with van der Waals surface area (Å²) in [7, 11) is 0. The number of hydrogen-bond acceptors (Lipinski definition) is 4. The van der Waals surface area contributed by atoms with E-state index in [0.717, 1.165) is 5.56 Å². The van der Waals surface area contributed by atoms with Gasteiger partial charge in [0.1, 0.15) is 5.75 Å². The number of aromatic hydroxyl groups is 1. The fourth-order valence-corrected chi connectivity index (χ4v) is 5.02. The number of carbonyl (C=O) groups is 1. The normalized spacial score (nSPS) is 30.7. The Hall–Kier alpha value is -1.59. The summed E-state index contributed by atoms with van der Waals surface area (Å²) in [5.41, 5.74) is -2.31. The van der Waals surface area contributed by atoms with E-state index in [1.807, 2.05) is 31.7 Å². The van der Waals surface area contributed by atoms with E-state index in [2.05, 4.69) is 34.6 Å². The zero-order chi connectivity index (χ0) is 19.8. The molecule has 3 rings (SSSR count). The SMILES string of the molecule is CC(C)(C)C(=O)N1CC(C)(C)C2(C(C)(C)C)OOC12c1cccc(O)c1. The number of fused-ring (bicyclic) bond motifs is 1. The molecular formula is C21H31NO4. The summed E-state index contributed by atoms with van der Waals surface area (Å²) >= 11 is 0. The van der Waals surface area contributed by atoms with E-state index in [4.69, 9.17) is 9.78 Å². The summed E-state index contributed by atoms with van der Waals surface area (Å²) in [5, 5.41) is 10.1. The number of phenolic OH excluding ortho intramolecular Hbond substituents is 1. The van der Waals surface area contributed by atoms with Crippen molar-refractivity contribution in [3.63, 3.8) is 0 Å². The average molecular weight is 361 g/mol. The molecule has 1 aromatic rings. The molecule has 2 saturated heterocycles. The smallest absolute Gasteiger partial charge is 0.236 e. The largest absolute Gasteiger partial charge is 0.508 e. The van der Waals surface area contributed by atoms with Crippen molar-refractivity contribution in [3.05, 3.63) is 29.8 Å². The zero-order valence-electron chi connectivity index (χ0n) is 17.1. The number of benzene rings is 1. The van der Waals surface area contributed by atoms with Crippen molar-refractivity contribution in [1.29, 1.82) is 0 Å². The van der Waals surface area contributed by atoms with E-state index in [1.165, 1.54) is 0 Å². The molecule has 2 unspecified atom stereocenters. The fraction of sp³-hybridized carbons (Fsp3) is 0.667. The summed E-state index contributed by atoms with van der Waals surface area (Å²) in [5.74, 6) is 0.145. The maximum absolute atomic E-state index is 13.4. The Morgan fingerprint density at radius 2 is 1.73 bits per heavy atom. The summed E-state index contributed by atoms with van der Waals surface area (Å²) in [6, 6.07) is 6.97. The summed E-state index contributed by atoms with van der Waals surface area (Å²) in [4.78, 5) is 27.0. The van der Waals surface area contributed by atoms with Gasteiger partial charge in [0.25, 0.3) is 0 Å². The van der Waals surface area contributed by atoms with Gasteiger partial charge >= 0.3 is 0 Å². The molecule has 0 saturated carbocycles. The van der Waals surface area contributed by atoms with Crippen LogP contribution >= 0.6 is 0 Å². The van der Waals surface area contributed by atoms with Gasteiger partial charge in [0.2, 0.25) is 11.6 Å². The van der Waals surface area contributed by atoms with E-state index < -0.39 is 16.7 Å². The Balaban J connectivity index is 2.31. The fourth-order valence-electron chi connectivity index (χ4n) is 5.02. The Kier molecular flexibility index (Phi) is 3.86. The van der Waals surface area contributed by atoms with Crippen LogP contribution in [0, 0.1) is 16.2 Å². The average Bonchev–Trinajstić information content (AvgIpc) is 2.56. The second kappa shape index (κ2) is 5.23. The van der Waals surface area contributed by atoms with Gasteiger partial charge in [-0.15, -0.1) is 0 Å². The minimum Gasteiger partial charge on any atom is -0.508 e. The van der Waals surface area contributed by atoms with Gasteiger partial charge < -0.3 is 10.0 Å². The molecule has 26 heavy (non-hydrogen) atoms. The van der Waals surface area contributed by atoms with E-state index in [1.54, 1.807) is 18.2 Å². The standard InChI is InChI=1S/C21H31NO4/c1-17(2,3)16(24)22-13-19(7,8)21(18(4,5)6)20(22,25-26-21)14-10-9-11-15(23)12-14/h9-12,23H,13H2,1-8H3. The molecule has 1 aromatic carbocycles. The Bertz CT molecular complexity index is 743. The number of carbonyl (C=O) groups excluding carboxylic acids is 1. The van der Waals surface area contributed by atoms with Crippen LogP contribution in [0.5, 0.6) is 5.75 Å². The Morgan fingerprint density at radius 1 is 1.12 bits per heavy atom. The maximum atomic E-state index is 13.4. The van der Waals surface area contributed by atoms with Crippen LogP contribution in [-0.4, -0.2) is 28.1 Å². The van der Waals surface area contributed by atoms with Gasteiger partial charge in [-0.25, -0.2) is 4.89 Å². The monoisotopic (exact) mass is 361 g/mol. The third-order valence-electron chi connectivity index (χ3n) is 5.83. The lowest BCUT2D eigenvalue weighted by Gasteiger charge is -2.63. The number of nitrogens with zero attached hydrogens (tertiary/aromatic N) is 1. The Morgan fingerprint density at radius 3 is 2.15 bits per heavy atom. The van der Waals surface area contributed by atoms with Gasteiger partial charge in [-0.05, 0) is 12.1 Å². The van der Waals surface area contributed by atoms with Crippen LogP contribution in [0.25, 0.3) is 0 Å². The topological polar surface area (TPSA) is 59.0 Å². The van der Waals surface area contributed by atoms with E-state index in [-0.39, 0.29) is 22.5 Å². The molecule has 2 aliphatic heterocycles. The molecule has 2 fully saturated rings. The van der Waals surface area contributed by atoms with Crippen molar-refractivity contribution >= 4 is 5.91 Å². The van der Waals surface area contributed by atoms with E-state index in [9.17, 15) is 9.90 Å². The molecule has 0 spiro atoms. The second-order valence-corrected chi connectivity index (χ2v) is 10.3. The van der Waals surface area contributed by atoms with E-state index >= 15 is 0 Å². The molecule has 144 valence electrons.